The fourth-order valence-electron chi connectivity index (χ4n) is 3.05. The van der Waals surface area contributed by atoms with Gasteiger partial charge in [-0.05, 0) is 49.7 Å². The van der Waals surface area contributed by atoms with Crippen LogP contribution in [-0.2, 0) is 15.8 Å². The first-order valence-corrected chi connectivity index (χ1v) is 8.90. The molecule has 1 unspecified atom stereocenters. The molecule has 2 amide bonds. The van der Waals surface area contributed by atoms with Gasteiger partial charge in [0.1, 0.15) is 6.04 Å². The molecule has 0 saturated carbocycles. The molecule has 2 N–H and O–H groups in total. The van der Waals surface area contributed by atoms with E-state index in [-0.39, 0.29) is 11.6 Å². The molecular weight excluding hydrogens is 371 g/mol. The molecule has 1 fully saturated rings. The van der Waals surface area contributed by atoms with Gasteiger partial charge in [-0.2, -0.15) is 13.2 Å². The monoisotopic (exact) mass is 391 g/mol. The maximum atomic E-state index is 13.0. The lowest BCUT2D eigenvalue weighted by molar-refractivity contribution is -0.137. The van der Waals surface area contributed by atoms with Crippen molar-refractivity contribution in [1.82, 2.24) is 0 Å². The fourth-order valence-corrected chi connectivity index (χ4v) is 3.05. The Bertz CT molecular complexity index is 866. The van der Waals surface area contributed by atoms with Crippen molar-refractivity contribution in [1.29, 1.82) is 0 Å². The summed E-state index contributed by atoms with van der Waals surface area (Å²) < 4.78 is 39.1. The molecule has 0 spiro atoms. The molecule has 1 aliphatic rings. The molecule has 148 valence electrons. The summed E-state index contributed by atoms with van der Waals surface area (Å²) in [5, 5.41) is 5.28. The van der Waals surface area contributed by atoms with Crippen molar-refractivity contribution in [2.75, 3.05) is 22.1 Å². The van der Waals surface area contributed by atoms with E-state index < -0.39 is 23.7 Å². The van der Waals surface area contributed by atoms with Crippen LogP contribution in [0.2, 0.25) is 0 Å². The molecular formula is C20H20F3N3O2. The molecule has 2 aromatic carbocycles. The minimum absolute atomic E-state index is 0.0804. The topological polar surface area (TPSA) is 61.4 Å². The van der Waals surface area contributed by atoms with Crippen LogP contribution in [0.25, 0.3) is 0 Å². The van der Waals surface area contributed by atoms with E-state index in [4.69, 9.17) is 0 Å². The molecule has 28 heavy (non-hydrogen) atoms. The van der Waals surface area contributed by atoms with Crippen molar-refractivity contribution in [2.24, 2.45) is 0 Å². The third-order valence-electron chi connectivity index (χ3n) is 4.52. The lowest BCUT2D eigenvalue weighted by Gasteiger charge is -2.19. The van der Waals surface area contributed by atoms with Crippen LogP contribution >= 0.6 is 0 Å². The zero-order valence-electron chi connectivity index (χ0n) is 15.2. The zero-order valence-corrected chi connectivity index (χ0v) is 15.2. The molecule has 1 heterocycles. The summed E-state index contributed by atoms with van der Waals surface area (Å²) in [6, 6.07) is 11.1. The Labute approximate surface area is 160 Å². The lowest BCUT2D eigenvalue weighted by Crippen LogP contribution is -2.32. The number of carbonyl (C=O) groups excluding carboxylic acids is 2. The summed E-state index contributed by atoms with van der Waals surface area (Å²) in [5.41, 5.74) is 0.234. The number of amides is 2. The van der Waals surface area contributed by atoms with Gasteiger partial charge in [0.05, 0.1) is 11.3 Å². The van der Waals surface area contributed by atoms with Gasteiger partial charge in [-0.1, -0.05) is 12.1 Å². The highest BCUT2D eigenvalue weighted by Gasteiger charge is 2.33. The molecule has 1 aliphatic heterocycles. The highest BCUT2D eigenvalue weighted by atomic mass is 19.4. The summed E-state index contributed by atoms with van der Waals surface area (Å²) >= 11 is 0. The Morgan fingerprint density at radius 1 is 1.11 bits per heavy atom. The summed E-state index contributed by atoms with van der Waals surface area (Å²) in [6.45, 7) is 2.24. The van der Waals surface area contributed by atoms with E-state index in [1.165, 1.54) is 18.2 Å². The third kappa shape index (κ3) is 4.44. The number of alkyl halides is 3. The van der Waals surface area contributed by atoms with E-state index in [9.17, 15) is 22.8 Å². The third-order valence-corrected chi connectivity index (χ3v) is 4.52. The van der Waals surface area contributed by atoms with Crippen molar-refractivity contribution < 1.29 is 22.8 Å². The van der Waals surface area contributed by atoms with Crippen LogP contribution in [0.5, 0.6) is 0 Å². The smallest absolute Gasteiger partial charge is 0.374 e. The van der Waals surface area contributed by atoms with Gasteiger partial charge in [-0.25, -0.2) is 0 Å². The molecule has 5 nitrogen and oxygen atoms in total. The number of hydrogen-bond acceptors (Lipinski definition) is 3. The summed E-state index contributed by atoms with van der Waals surface area (Å²) in [5.74, 6) is -0.507. The minimum atomic E-state index is -4.55. The summed E-state index contributed by atoms with van der Waals surface area (Å²) in [6.07, 6.45) is -3.19. The number of anilines is 3. The van der Waals surface area contributed by atoms with Crippen molar-refractivity contribution in [3.05, 3.63) is 54.1 Å². The number of hydrogen-bond donors (Lipinski definition) is 2. The number of benzene rings is 2. The van der Waals surface area contributed by atoms with E-state index in [0.29, 0.717) is 18.7 Å². The van der Waals surface area contributed by atoms with Crippen LogP contribution < -0.4 is 15.5 Å². The van der Waals surface area contributed by atoms with Gasteiger partial charge >= 0.3 is 6.18 Å². The molecule has 8 heteroatoms. The number of rotatable bonds is 5. The molecule has 1 atom stereocenters. The van der Waals surface area contributed by atoms with E-state index >= 15 is 0 Å². The molecule has 0 radical (unpaired) electrons. The van der Waals surface area contributed by atoms with Gasteiger partial charge < -0.3 is 15.5 Å². The summed E-state index contributed by atoms with van der Waals surface area (Å²) in [7, 11) is 0. The van der Waals surface area contributed by atoms with Gasteiger partial charge in [0.2, 0.25) is 11.8 Å². The van der Waals surface area contributed by atoms with Crippen LogP contribution in [0.4, 0.5) is 30.2 Å². The van der Waals surface area contributed by atoms with Crippen LogP contribution in [0.1, 0.15) is 25.3 Å². The number of para-hydroxylation sites is 1. The minimum Gasteiger partial charge on any atom is -0.374 e. The lowest BCUT2D eigenvalue weighted by atomic mass is 10.1. The highest BCUT2D eigenvalue weighted by Crippen LogP contribution is 2.34. The second-order valence-electron chi connectivity index (χ2n) is 6.59. The molecule has 0 aliphatic carbocycles. The summed E-state index contributed by atoms with van der Waals surface area (Å²) in [4.78, 5) is 25.8. The van der Waals surface area contributed by atoms with Crippen molar-refractivity contribution in [3.8, 4) is 0 Å². The number of nitrogens with zero attached hydrogens (tertiary/aromatic N) is 1. The first kappa shape index (κ1) is 19.7. The average Bonchev–Trinajstić information content (AvgIpc) is 3.08. The van der Waals surface area contributed by atoms with Crippen molar-refractivity contribution >= 4 is 28.9 Å². The number of halogens is 3. The molecule has 3 rings (SSSR count). The second kappa shape index (κ2) is 7.92. The maximum Gasteiger partial charge on any atom is 0.418 e. The van der Waals surface area contributed by atoms with Gasteiger partial charge in [0, 0.05) is 24.3 Å². The molecule has 2 aromatic rings. The van der Waals surface area contributed by atoms with Crippen LogP contribution in [0.15, 0.2) is 48.5 Å². The van der Waals surface area contributed by atoms with Gasteiger partial charge in [0.25, 0.3) is 0 Å². The fraction of sp³-hybridized carbons (Fsp3) is 0.300. The van der Waals surface area contributed by atoms with Gasteiger partial charge in [0.15, 0.2) is 0 Å². The van der Waals surface area contributed by atoms with Crippen molar-refractivity contribution in [2.45, 2.75) is 32.0 Å². The highest BCUT2D eigenvalue weighted by molar-refractivity contribution is 5.97. The molecule has 0 aromatic heterocycles. The van der Waals surface area contributed by atoms with Crippen molar-refractivity contribution in [3.63, 3.8) is 0 Å². The van der Waals surface area contributed by atoms with E-state index in [2.05, 4.69) is 10.6 Å². The first-order chi connectivity index (χ1) is 13.3. The molecule has 0 bridgehead atoms. The van der Waals surface area contributed by atoms with E-state index in [1.54, 1.807) is 36.1 Å². The Morgan fingerprint density at radius 2 is 1.79 bits per heavy atom. The predicted octanol–water partition coefficient (Wildman–Crippen LogP) is 4.27. The standard InChI is InChI=1S/C20H20F3N3O2/c1-13(19(28)25-17-6-3-2-5-16(17)20(21,22)23)24-14-8-10-15(11-9-14)26-12-4-7-18(26)27/h2-3,5-6,8-11,13,24H,4,7,12H2,1H3,(H,25,28). The Morgan fingerprint density at radius 3 is 2.39 bits per heavy atom. The predicted molar refractivity (Wildman–Crippen MR) is 101 cm³/mol. The van der Waals surface area contributed by atoms with E-state index in [0.717, 1.165) is 18.2 Å². The molecule has 1 saturated heterocycles. The Balaban J connectivity index is 1.64. The van der Waals surface area contributed by atoms with Crippen LogP contribution in [0, 0.1) is 0 Å². The Hall–Kier alpha value is -3.03. The van der Waals surface area contributed by atoms with E-state index in [1.807, 2.05) is 0 Å². The normalized spacial score (nSPS) is 15.4. The first-order valence-electron chi connectivity index (χ1n) is 8.90. The zero-order chi connectivity index (χ0) is 20.3. The largest absolute Gasteiger partial charge is 0.418 e. The quantitative estimate of drug-likeness (QED) is 0.800. The number of nitrogens with one attached hydrogen (secondary N) is 2. The van der Waals surface area contributed by atoms with Gasteiger partial charge in [-0.15, -0.1) is 0 Å². The average molecular weight is 391 g/mol. The SMILES string of the molecule is CC(Nc1ccc(N2CCCC2=O)cc1)C(=O)Nc1ccccc1C(F)(F)F. The van der Waals surface area contributed by atoms with Crippen LogP contribution in [-0.4, -0.2) is 24.4 Å². The Kier molecular flexibility index (Phi) is 5.58. The maximum absolute atomic E-state index is 13.0. The second-order valence-corrected chi connectivity index (χ2v) is 6.59. The number of carbonyl (C=O) groups is 2. The van der Waals surface area contributed by atoms with Gasteiger partial charge in [-0.3, -0.25) is 9.59 Å². The van der Waals surface area contributed by atoms with Crippen LogP contribution in [0.3, 0.4) is 0 Å².